The Morgan fingerprint density at radius 3 is 3.10 bits per heavy atom. The smallest absolute Gasteiger partial charge is 0.231 e. The van der Waals surface area contributed by atoms with E-state index in [4.69, 9.17) is 5.73 Å². The fourth-order valence-electron chi connectivity index (χ4n) is 2.75. The van der Waals surface area contributed by atoms with E-state index < -0.39 is 0 Å². The minimum Gasteiger partial charge on any atom is -0.399 e. The van der Waals surface area contributed by atoms with Gasteiger partial charge in [-0.1, -0.05) is 6.07 Å². The average molecular weight is 286 g/mol. The predicted octanol–water partition coefficient (Wildman–Crippen LogP) is 3.70. The maximum absolute atomic E-state index is 12.5. The zero-order valence-corrected chi connectivity index (χ0v) is 12.3. The van der Waals surface area contributed by atoms with Crippen LogP contribution in [0, 0.1) is 6.92 Å². The number of hydrogen-bond donors (Lipinski definition) is 2. The number of nitrogens with one attached hydrogen (secondary N) is 1. The molecule has 0 spiro atoms. The van der Waals surface area contributed by atoms with Crippen molar-refractivity contribution in [2.75, 3.05) is 11.1 Å². The first-order valence-electron chi connectivity index (χ1n) is 6.88. The number of hydrogen-bond acceptors (Lipinski definition) is 3. The van der Waals surface area contributed by atoms with E-state index in [-0.39, 0.29) is 11.8 Å². The van der Waals surface area contributed by atoms with Crippen molar-refractivity contribution in [3.8, 4) is 0 Å². The van der Waals surface area contributed by atoms with E-state index in [1.54, 1.807) is 11.3 Å². The van der Waals surface area contributed by atoms with Gasteiger partial charge in [-0.3, -0.25) is 4.79 Å². The van der Waals surface area contributed by atoms with Crippen LogP contribution in [0.1, 0.15) is 34.8 Å². The van der Waals surface area contributed by atoms with Gasteiger partial charge in [-0.05, 0) is 60.9 Å². The van der Waals surface area contributed by atoms with Crippen LogP contribution in [0.2, 0.25) is 0 Å². The molecule has 3 nitrogen and oxygen atoms in total. The van der Waals surface area contributed by atoms with Crippen LogP contribution in [0.5, 0.6) is 0 Å². The first-order chi connectivity index (χ1) is 9.65. The van der Waals surface area contributed by atoms with Gasteiger partial charge in [-0.2, -0.15) is 0 Å². The number of benzene rings is 1. The Labute approximate surface area is 122 Å². The lowest BCUT2D eigenvalue weighted by atomic mass is 9.87. The summed E-state index contributed by atoms with van der Waals surface area (Å²) in [5, 5.41) is 5.12. The number of thiophene rings is 1. The normalized spacial score (nSPS) is 17.6. The Morgan fingerprint density at radius 2 is 2.25 bits per heavy atom. The fraction of sp³-hybridized carbons (Fsp3) is 0.312. The molecular weight excluding hydrogens is 268 g/mol. The van der Waals surface area contributed by atoms with Crippen molar-refractivity contribution in [3.63, 3.8) is 0 Å². The van der Waals surface area contributed by atoms with Gasteiger partial charge >= 0.3 is 0 Å². The first-order valence-corrected chi connectivity index (χ1v) is 7.76. The van der Waals surface area contributed by atoms with Crippen LogP contribution < -0.4 is 11.1 Å². The molecule has 1 aliphatic rings. The molecule has 3 N–H and O–H groups in total. The molecule has 0 saturated carbocycles. The number of fused-ring (bicyclic) bond motifs is 1. The summed E-state index contributed by atoms with van der Waals surface area (Å²) in [5.74, 6) is 0.0591. The van der Waals surface area contributed by atoms with Crippen molar-refractivity contribution in [1.29, 1.82) is 0 Å². The third-order valence-corrected chi connectivity index (χ3v) is 4.88. The van der Waals surface area contributed by atoms with Crippen molar-refractivity contribution < 1.29 is 4.79 Å². The van der Waals surface area contributed by atoms with E-state index in [9.17, 15) is 4.79 Å². The molecular formula is C16H18N2OS. The molecule has 1 heterocycles. The SMILES string of the molecule is Cc1ccc(N)cc1NC(=O)C1CCCc2sccc21. The van der Waals surface area contributed by atoms with Crippen molar-refractivity contribution in [2.24, 2.45) is 0 Å². The highest BCUT2D eigenvalue weighted by atomic mass is 32.1. The molecule has 1 atom stereocenters. The van der Waals surface area contributed by atoms with Gasteiger partial charge in [0.1, 0.15) is 0 Å². The van der Waals surface area contributed by atoms with Gasteiger partial charge in [0.2, 0.25) is 5.91 Å². The second-order valence-electron chi connectivity index (χ2n) is 5.31. The number of anilines is 2. The fourth-order valence-corrected chi connectivity index (χ4v) is 3.74. The van der Waals surface area contributed by atoms with Crippen molar-refractivity contribution in [2.45, 2.75) is 32.1 Å². The lowest BCUT2D eigenvalue weighted by Gasteiger charge is -2.22. The Bertz CT molecular complexity index is 648. The van der Waals surface area contributed by atoms with Gasteiger partial charge in [0, 0.05) is 16.3 Å². The van der Waals surface area contributed by atoms with Crippen LogP contribution in [0.25, 0.3) is 0 Å². The van der Waals surface area contributed by atoms with E-state index in [2.05, 4.69) is 16.8 Å². The lowest BCUT2D eigenvalue weighted by molar-refractivity contribution is -0.117. The number of rotatable bonds is 2. The zero-order valence-electron chi connectivity index (χ0n) is 11.5. The van der Waals surface area contributed by atoms with Crippen LogP contribution in [0.4, 0.5) is 11.4 Å². The highest BCUT2D eigenvalue weighted by molar-refractivity contribution is 7.10. The standard InChI is InChI=1S/C16H18N2OS/c1-10-5-6-11(17)9-14(10)18-16(19)13-3-2-4-15-12(13)7-8-20-15/h5-9,13H,2-4,17H2,1H3,(H,18,19). The third-order valence-electron chi connectivity index (χ3n) is 3.89. The maximum Gasteiger partial charge on any atom is 0.231 e. The number of amides is 1. The van der Waals surface area contributed by atoms with Crippen molar-refractivity contribution >= 4 is 28.6 Å². The second-order valence-corrected chi connectivity index (χ2v) is 6.31. The monoisotopic (exact) mass is 286 g/mol. The summed E-state index contributed by atoms with van der Waals surface area (Å²) >= 11 is 1.76. The van der Waals surface area contributed by atoms with E-state index >= 15 is 0 Å². The molecule has 20 heavy (non-hydrogen) atoms. The minimum atomic E-state index is -0.0224. The molecule has 0 aliphatic heterocycles. The number of aryl methyl sites for hydroxylation is 2. The minimum absolute atomic E-state index is 0.0224. The number of nitrogens with two attached hydrogens (primary N) is 1. The number of carbonyl (C=O) groups is 1. The molecule has 0 saturated heterocycles. The van der Waals surface area contributed by atoms with E-state index in [0.717, 1.165) is 30.5 Å². The summed E-state index contributed by atoms with van der Waals surface area (Å²) in [6, 6.07) is 7.70. The van der Waals surface area contributed by atoms with Gasteiger partial charge in [0.15, 0.2) is 0 Å². The molecule has 4 heteroatoms. The molecule has 1 amide bonds. The summed E-state index contributed by atoms with van der Waals surface area (Å²) in [5.41, 5.74) is 9.53. The average Bonchev–Trinajstić information content (AvgIpc) is 2.91. The molecule has 0 bridgehead atoms. The van der Waals surface area contributed by atoms with Gasteiger partial charge in [-0.15, -0.1) is 11.3 Å². The number of carbonyl (C=O) groups excluding carboxylic acids is 1. The quantitative estimate of drug-likeness (QED) is 0.827. The van der Waals surface area contributed by atoms with Crippen LogP contribution in [-0.2, 0) is 11.2 Å². The molecule has 0 radical (unpaired) electrons. The summed E-state index contributed by atoms with van der Waals surface area (Å²) in [6.45, 7) is 1.98. The summed E-state index contributed by atoms with van der Waals surface area (Å²) in [7, 11) is 0. The molecule has 1 aromatic heterocycles. The Morgan fingerprint density at radius 1 is 1.40 bits per heavy atom. The molecule has 104 valence electrons. The Balaban J connectivity index is 1.83. The van der Waals surface area contributed by atoms with Crippen molar-refractivity contribution in [1.82, 2.24) is 0 Å². The molecule has 0 fully saturated rings. The largest absolute Gasteiger partial charge is 0.399 e. The molecule has 1 aliphatic carbocycles. The zero-order chi connectivity index (χ0) is 14.1. The summed E-state index contributed by atoms with van der Waals surface area (Å²) in [6.07, 6.45) is 3.12. The topological polar surface area (TPSA) is 55.1 Å². The second kappa shape index (κ2) is 5.29. The van der Waals surface area contributed by atoms with Crippen LogP contribution in [0.15, 0.2) is 29.6 Å². The molecule has 2 aromatic rings. The van der Waals surface area contributed by atoms with Gasteiger partial charge in [-0.25, -0.2) is 0 Å². The predicted molar refractivity (Wildman–Crippen MR) is 84.2 cm³/mol. The van der Waals surface area contributed by atoms with Crippen LogP contribution in [0.3, 0.4) is 0 Å². The third kappa shape index (κ3) is 2.43. The van der Waals surface area contributed by atoms with Crippen molar-refractivity contribution in [3.05, 3.63) is 45.6 Å². The summed E-state index contributed by atoms with van der Waals surface area (Å²) < 4.78 is 0. The van der Waals surface area contributed by atoms with E-state index in [1.807, 2.05) is 25.1 Å². The number of nitrogen functional groups attached to an aromatic ring is 1. The highest BCUT2D eigenvalue weighted by Gasteiger charge is 2.27. The summed E-state index contributed by atoms with van der Waals surface area (Å²) in [4.78, 5) is 13.9. The lowest BCUT2D eigenvalue weighted by Crippen LogP contribution is -2.24. The molecule has 1 unspecified atom stereocenters. The molecule has 1 aromatic carbocycles. The van der Waals surface area contributed by atoms with Crippen LogP contribution in [-0.4, -0.2) is 5.91 Å². The Hall–Kier alpha value is -1.81. The van der Waals surface area contributed by atoms with Gasteiger partial charge in [0.05, 0.1) is 5.92 Å². The van der Waals surface area contributed by atoms with E-state index in [0.29, 0.717) is 5.69 Å². The Kier molecular flexibility index (Phi) is 3.49. The van der Waals surface area contributed by atoms with Gasteiger partial charge < -0.3 is 11.1 Å². The van der Waals surface area contributed by atoms with E-state index in [1.165, 1.54) is 10.4 Å². The van der Waals surface area contributed by atoms with Crippen LogP contribution >= 0.6 is 11.3 Å². The maximum atomic E-state index is 12.5. The first kappa shape index (κ1) is 13.2. The highest BCUT2D eigenvalue weighted by Crippen LogP contribution is 2.35. The molecule has 3 rings (SSSR count). The van der Waals surface area contributed by atoms with Gasteiger partial charge in [0.25, 0.3) is 0 Å².